The molecule has 1 N–H and O–H groups in total. The summed E-state index contributed by atoms with van der Waals surface area (Å²) in [6, 6.07) is 8.17. The summed E-state index contributed by atoms with van der Waals surface area (Å²) in [5.74, 6) is -1.62. The normalized spacial score (nSPS) is 10.4. The van der Waals surface area contributed by atoms with Crippen LogP contribution in [0.4, 0.5) is 9.39 Å². The van der Waals surface area contributed by atoms with Crippen LogP contribution < -0.4 is 5.32 Å². The number of benzene rings is 1. The fourth-order valence-electron chi connectivity index (χ4n) is 2.30. The summed E-state index contributed by atoms with van der Waals surface area (Å²) >= 11 is 2.33. The van der Waals surface area contributed by atoms with Crippen LogP contribution in [0.15, 0.2) is 29.6 Å². The molecule has 25 heavy (non-hydrogen) atoms. The van der Waals surface area contributed by atoms with Crippen LogP contribution in [0, 0.1) is 24.1 Å². The molecule has 126 valence electrons. The Morgan fingerprint density at radius 1 is 1.36 bits per heavy atom. The van der Waals surface area contributed by atoms with Gasteiger partial charge in [0.1, 0.15) is 21.8 Å². The maximum atomic E-state index is 13.9. The SMILES string of the molecule is Cc1c(C(=O)OCC(=O)Nc2sccc2C#N)sc2cccc(F)c12. The van der Waals surface area contributed by atoms with Crippen LogP contribution in [0.3, 0.4) is 0 Å². The summed E-state index contributed by atoms with van der Waals surface area (Å²) in [4.78, 5) is 24.4. The van der Waals surface area contributed by atoms with Crippen LogP contribution in [0.1, 0.15) is 20.8 Å². The molecule has 2 heterocycles. The maximum absolute atomic E-state index is 13.9. The van der Waals surface area contributed by atoms with Gasteiger partial charge in [0.15, 0.2) is 6.61 Å². The number of esters is 1. The predicted molar refractivity (Wildman–Crippen MR) is 94.5 cm³/mol. The molecule has 0 unspecified atom stereocenters. The standard InChI is InChI=1S/C17H11FN2O3S2/c1-9-14-11(18)3-2-4-12(14)25-15(9)17(22)23-8-13(21)20-16-10(7-19)5-6-24-16/h2-6H,8H2,1H3,(H,20,21). The minimum absolute atomic E-state index is 0.265. The number of amides is 1. The fourth-order valence-corrected chi connectivity index (χ4v) is 4.17. The van der Waals surface area contributed by atoms with Gasteiger partial charge in [0, 0.05) is 10.1 Å². The van der Waals surface area contributed by atoms with Crippen molar-refractivity contribution in [2.24, 2.45) is 0 Å². The van der Waals surface area contributed by atoms with Gasteiger partial charge in [-0.05, 0) is 36.1 Å². The lowest BCUT2D eigenvalue weighted by Gasteiger charge is -2.05. The Morgan fingerprint density at radius 2 is 2.16 bits per heavy atom. The van der Waals surface area contributed by atoms with Crippen molar-refractivity contribution in [3.63, 3.8) is 0 Å². The second kappa shape index (κ2) is 7.01. The van der Waals surface area contributed by atoms with Gasteiger partial charge < -0.3 is 10.1 Å². The minimum atomic E-state index is -0.681. The minimum Gasteiger partial charge on any atom is -0.451 e. The molecule has 0 saturated heterocycles. The summed E-state index contributed by atoms with van der Waals surface area (Å²) in [5.41, 5.74) is 0.842. The average molecular weight is 374 g/mol. The van der Waals surface area contributed by atoms with E-state index in [0.29, 0.717) is 26.2 Å². The number of ether oxygens (including phenoxy) is 1. The molecular formula is C17H11FN2O3S2. The van der Waals surface area contributed by atoms with E-state index in [4.69, 9.17) is 10.00 Å². The third-order valence-corrected chi connectivity index (χ3v) is 5.53. The second-order valence-electron chi connectivity index (χ2n) is 5.07. The van der Waals surface area contributed by atoms with Crippen molar-refractivity contribution in [1.29, 1.82) is 5.26 Å². The summed E-state index contributed by atoms with van der Waals surface area (Å²) in [6.45, 7) is 1.15. The van der Waals surface area contributed by atoms with Crippen LogP contribution in [0.5, 0.6) is 0 Å². The van der Waals surface area contributed by atoms with Crippen molar-refractivity contribution in [3.8, 4) is 6.07 Å². The number of nitrogens with one attached hydrogen (secondary N) is 1. The average Bonchev–Trinajstić information content (AvgIpc) is 3.17. The maximum Gasteiger partial charge on any atom is 0.349 e. The number of anilines is 1. The van der Waals surface area contributed by atoms with Crippen LogP contribution in [-0.2, 0) is 9.53 Å². The zero-order valence-corrected chi connectivity index (χ0v) is 14.6. The first kappa shape index (κ1) is 17.1. The Kier molecular flexibility index (Phi) is 4.79. The van der Waals surface area contributed by atoms with Gasteiger partial charge in [-0.15, -0.1) is 22.7 Å². The summed E-state index contributed by atoms with van der Waals surface area (Å²) < 4.78 is 19.6. The van der Waals surface area contributed by atoms with E-state index in [1.165, 1.54) is 17.4 Å². The molecule has 5 nitrogen and oxygen atoms in total. The fraction of sp³-hybridized carbons (Fsp3) is 0.118. The van der Waals surface area contributed by atoms with Crippen LogP contribution >= 0.6 is 22.7 Å². The van der Waals surface area contributed by atoms with Crippen LogP contribution in [-0.4, -0.2) is 18.5 Å². The number of carbonyl (C=O) groups is 2. The van der Waals surface area contributed by atoms with Crippen molar-refractivity contribution in [2.75, 3.05) is 11.9 Å². The van der Waals surface area contributed by atoms with E-state index in [1.807, 2.05) is 6.07 Å². The first-order valence-electron chi connectivity index (χ1n) is 7.13. The second-order valence-corrected chi connectivity index (χ2v) is 7.04. The number of thiophene rings is 2. The molecule has 0 aliphatic carbocycles. The van der Waals surface area contributed by atoms with Gasteiger partial charge in [-0.25, -0.2) is 9.18 Å². The molecule has 8 heteroatoms. The highest BCUT2D eigenvalue weighted by Gasteiger charge is 2.20. The number of hydrogen-bond donors (Lipinski definition) is 1. The Labute approximate surface area is 150 Å². The van der Waals surface area contributed by atoms with E-state index >= 15 is 0 Å². The zero-order valence-electron chi connectivity index (χ0n) is 13.0. The Hall–Kier alpha value is -2.76. The number of nitriles is 1. The third-order valence-electron chi connectivity index (χ3n) is 3.46. The lowest BCUT2D eigenvalue weighted by molar-refractivity contribution is -0.119. The Balaban J connectivity index is 1.69. The van der Waals surface area contributed by atoms with E-state index in [1.54, 1.807) is 30.5 Å². The van der Waals surface area contributed by atoms with Crippen molar-refractivity contribution >= 4 is 49.6 Å². The van der Waals surface area contributed by atoms with Crippen molar-refractivity contribution in [1.82, 2.24) is 0 Å². The molecule has 0 saturated carbocycles. The highest BCUT2D eigenvalue weighted by atomic mass is 32.1. The summed E-state index contributed by atoms with van der Waals surface area (Å²) in [7, 11) is 0. The largest absolute Gasteiger partial charge is 0.451 e. The van der Waals surface area contributed by atoms with Gasteiger partial charge in [-0.2, -0.15) is 5.26 Å². The molecule has 0 aliphatic heterocycles. The zero-order chi connectivity index (χ0) is 18.0. The lowest BCUT2D eigenvalue weighted by atomic mass is 10.1. The van der Waals surface area contributed by atoms with Gasteiger partial charge in [0.2, 0.25) is 0 Å². The van der Waals surface area contributed by atoms with Crippen LogP contribution in [0.25, 0.3) is 10.1 Å². The molecule has 0 atom stereocenters. The molecule has 0 fully saturated rings. The Morgan fingerprint density at radius 3 is 2.88 bits per heavy atom. The number of nitrogens with zero attached hydrogens (tertiary/aromatic N) is 1. The molecule has 0 spiro atoms. The molecule has 0 aliphatic rings. The van der Waals surface area contributed by atoms with E-state index in [9.17, 15) is 14.0 Å². The predicted octanol–water partition coefficient (Wildman–Crippen LogP) is 4.08. The monoisotopic (exact) mass is 374 g/mol. The molecule has 3 aromatic rings. The molecule has 3 rings (SSSR count). The number of carbonyl (C=O) groups excluding carboxylic acids is 2. The van der Waals surface area contributed by atoms with Gasteiger partial charge in [0.25, 0.3) is 5.91 Å². The van der Waals surface area contributed by atoms with E-state index in [-0.39, 0.29) is 4.88 Å². The smallest absolute Gasteiger partial charge is 0.349 e. The van der Waals surface area contributed by atoms with Gasteiger partial charge in [0.05, 0.1) is 5.56 Å². The lowest BCUT2D eigenvalue weighted by Crippen LogP contribution is -2.20. The first-order valence-corrected chi connectivity index (χ1v) is 8.83. The number of rotatable bonds is 4. The van der Waals surface area contributed by atoms with E-state index in [2.05, 4.69) is 5.32 Å². The van der Waals surface area contributed by atoms with E-state index < -0.39 is 24.3 Å². The quantitative estimate of drug-likeness (QED) is 0.698. The summed E-state index contributed by atoms with van der Waals surface area (Å²) in [6.07, 6.45) is 0. The molecule has 1 amide bonds. The highest BCUT2D eigenvalue weighted by molar-refractivity contribution is 7.21. The third kappa shape index (κ3) is 3.38. The molecule has 0 radical (unpaired) electrons. The molecule has 1 aromatic carbocycles. The molecule has 0 bridgehead atoms. The summed E-state index contributed by atoms with van der Waals surface area (Å²) in [5, 5.41) is 13.9. The van der Waals surface area contributed by atoms with Gasteiger partial charge in [-0.1, -0.05) is 6.07 Å². The Bertz CT molecular complexity index is 1020. The topological polar surface area (TPSA) is 79.2 Å². The number of aryl methyl sites for hydroxylation is 1. The van der Waals surface area contributed by atoms with Gasteiger partial charge >= 0.3 is 5.97 Å². The van der Waals surface area contributed by atoms with E-state index in [0.717, 1.165) is 11.3 Å². The van der Waals surface area contributed by atoms with Gasteiger partial charge in [-0.3, -0.25) is 4.79 Å². The number of halogens is 1. The molecular weight excluding hydrogens is 363 g/mol. The van der Waals surface area contributed by atoms with Crippen molar-refractivity contribution in [2.45, 2.75) is 6.92 Å². The number of fused-ring (bicyclic) bond motifs is 1. The number of hydrogen-bond acceptors (Lipinski definition) is 6. The van der Waals surface area contributed by atoms with Crippen molar-refractivity contribution in [3.05, 3.63) is 51.5 Å². The van der Waals surface area contributed by atoms with Crippen LogP contribution in [0.2, 0.25) is 0 Å². The first-order chi connectivity index (χ1) is 12.0. The molecule has 2 aromatic heterocycles. The van der Waals surface area contributed by atoms with Crippen molar-refractivity contribution < 1.29 is 18.7 Å². The highest BCUT2D eigenvalue weighted by Crippen LogP contribution is 2.33.